The molecule has 1 unspecified atom stereocenters. The van der Waals surface area contributed by atoms with Crippen molar-refractivity contribution in [3.8, 4) is 5.75 Å². The van der Waals surface area contributed by atoms with E-state index in [0.717, 1.165) is 0 Å². The van der Waals surface area contributed by atoms with Crippen LogP contribution >= 0.6 is 0 Å². The van der Waals surface area contributed by atoms with Gasteiger partial charge in [0.15, 0.2) is 6.10 Å². The average Bonchev–Trinajstić information content (AvgIpc) is 2.04. The Labute approximate surface area is 76.0 Å². The summed E-state index contributed by atoms with van der Waals surface area (Å²) in [7, 11) is 0. The highest BCUT2D eigenvalue weighted by Gasteiger charge is 2.29. The summed E-state index contributed by atoms with van der Waals surface area (Å²) >= 11 is 0. The Morgan fingerprint density at radius 1 is 1.15 bits per heavy atom. The third kappa shape index (κ3) is 3.02. The maximum absolute atomic E-state index is 8.73. The van der Waals surface area contributed by atoms with E-state index in [0.29, 0.717) is 5.75 Å². The van der Waals surface area contributed by atoms with Gasteiger partial charge in [-0.1, -0.05) is 18.2 Å². The quantitative estimate of drug-likeness (QED) is 0.582. The van der Waals surface area contributed by atoms with Gasteiger partial charge in [0.05, 0.1) is 0 Å². The van der Waals surface area contributed by atoms with Crippen LogP contribution in [-0.2, 0) is 0 Å². The van der Waals surface area contributed by atoms with Crippen molar-refractivity contribution in [1.29, 1.82) is 0 Å². The smallest absolute Gasteiger partial charge is 0.314 e. The van der Waals surface area contributed by atoms with E-state index in [-0.39, 0.29) is 0 Å². The highest BCUT2D eigenvalue weighted by Crippen LogP contribution is 2.14. The Morgan fingerprint density at radius 2 is 1.69 bits per heavy atom. The minimum Gasteiger partial charge on any atom is -0.482 e. The van der Waals surface area contributed by atoms with Crippen LogP contribution in [0.5, 0.6) is 5.75 Å². The summed E-state index contributed by atoms with van der Waals surface area (Å²) in [6.45, 7) is 1.35. The van der Waals surface area contributed by atoms with Crippen molar-refractivity contribution >= 4 is 0 Å². The number of ether oxygens (including phenoxy) is 1. The Hall–Kier alpha value is -1.10. The molecule has 0 aliphatic carbocycles. The van der Waals surface area contributed by atoms with Crippen LogP contribution in [0.15, 0.2) is 30.3 Å². The highest BCUT2D eigenvalue weighted by molar-refractivity contribution is 5.21. The van der Waals surface area contributed by atoms with E-state index in [1.54, 1.807) is 24.3 Å². The molecule has 0 heterocycles. The summed E-state index contributed by atoms with van der Waals surface area (Å²) in [5.41, 5.74) is 0. The zero-order chi connectivity index (χ0) is 9.90. The molecule has 0 spiro atoms. The molecule has 4 heteroatoms. The van der Waals surface area contributed by atoms with Gasteiger partial charge >= 0.3 is 5.97 Å². The van der Waals surface area contributed by atoms with Gasteiger partial charge in [0.25, 0.3) is 0 Å². The summed E-state index contributed by atoms with van der Waals surface area (Å²) in [6.07, 6.45) is -1.10. The zero-order valence-electron chi connectivity index (χ0n) is 7.21. The first-order chi connectivity index (χ1) is 6.00. The number of aliphatic hydroxyl groups is 3. The molecule has 1 atom stereocenters. The lowest BCUT2D eigenvalue weighted by molar-refractivity contribution is -0.346. The fourth-order valence-corrected chi connectivity index (χ4v) is 0.782. The molecule has 0 bridgehead atoms. The van der Waals surface area contributed by atoms with Crippen molar-refractivity contribution in [2.75, 3.05) is 0 Å². The second-order valence-electron chi connectivity index (χ2n) is 2.76. The van der Waals surface area contributed by atoms with Crippen LogP contribution in [0, 0.1) is 0 Å². The number of hydrogen-bond donors (Lipinski definition) is 3. The first kappa shape index (κ1) is 9.98. The largest absolute Gasteiger partial charge is 0.482 e. The number of para-hydroxylation sites is 1. The Morgan fingerprint density at radius 3 is 2.15 bits per heavy atom. The molecule has 3 N–H and O–H groups in total. The lowest BCUT2D eigenvalue weighted by Crippen LogP contribution is -2.43. The Balaban J connectivity index is 2.61. The monoisotopic (exact) mass is 184 g/mol. The van der Waals surface area contributed by atoms with Gasteiger partial charge in [-0.2, -0.15) is 0 Å². The van der Waals surface area contributed by atoms with Gasteiger partial charge in [0.1, 0.15) is 5.75 Å². The van der Waals surface area contributed by atoms with E-state index in [1.165, 1.54) is 6.92 Å². The molecule has 0 radical (unpaired) electrons. The first-order valence-electron chi connectivity index (χ1n) is 3.89. The molecule has 0 saturated carbocycles. The molecule has 4 nitrogen and oxygen atoms in total. The van der Waals surface area contributed by atoms with E-state index in [4.69, 9.17) is 20.1 Å². The van der Waals surface area contributed by atoms with Crippen LogP contribution in [-0.4, -0.2) is 27.4 Å². The second kappa shape index (κ2) is 3.74. The molecule has 0 amide bonds. The van der Waals surface area contributed by atoms with Crippen LogP contribution in [0.4, 0.5) is 0 Å². The van der Waals surface area contributed by atoms with Gasteiger partial charge in [-0.3, -0.25) is 0 Å². The van der Waals surface area contributed by atoms with Crippen molar-refractivity contribution in [2.24, 2.45) is 0 Å². The van der Waals surface area contributed by atoms with Crippen molar-refractivity contribution in [3.63, 3.8) is 0 Å². The maximum atomic E-state index is 8.73. The number of hydrogen-bond acceptors (Lipinski definition) is 4. The van der Waals surface area contributed by atoms with Gasteiger partial charge in [-0.25, -0.2) is 0 Å². The minimum absolute atomic E-state index is 0.469. The summed E-state index contributed by atoms with van der Waals surface area (Å²) in [5.74, 6) is -2.34. The molecule has 0 aliphatic rings. The van der Waals surface area contributed by atoms with Crippen LogP contribution < -0.4 is 4.74 Å². The fraction of sp³-hybridized carbons (Fsp3) is 0.333. The van der Waals surface area contributed by atoms with E-state index in [2.05, 4.69) is 0 Å². The summed E-state index contributed by atoms with van der Waals surface area (Å²) < 4.78 is 5.03. The van der Waals surface area contributed by atoms with E-state index >= 15 is 0 Å². The predicted molar refractivity (Wildman–Crippen MR) is 45.9 cm³/mol. The van der Waals surface area contributed by atoms with Crippen LogP contribution in [0.2, 0.25) is 0 Å². The van der Waals surface area contributed by atoms with Crippen LogP contribution in [0.1, 0.15) is 6.92 Å². The van der Waals surface area contributed by atoms with Gasteiger partial charge in [-0.05, 0) is 19.1 Å². The minimum atomic E-state index is -2.81. The van der Waals surface area contributed by atoms with Gasteiger partial charge in [0.2, 0.25) is 0 Å². The van der Waals surface area contributed by atoms with E-state index in [1.807, 2.05) is 6.07 Å². The Bertz CT molecular complexity index is 252. The standard InChI is InChI=1S/C9H12O4/c1-7(9(10,11)12)13-8-5-3-2-4-6-8/h2-7,10-12H,1H3. The molecule has 0 saturated heterocycles. The number of benzene rings is 1. The van der Waals surface area contributed by atoms with E-state index < -0.39 is 12.1 Å². The molecule has 13 heavy (non-hydrogen) atoms. The predicted octanol–water partition coefficient (Wildman–Crippen LogP) is 0.0846. The summed E-state index contributed by atoms with van der Waals surface area (Å²) in [6, 6.07) is 8.61. The zero-order valence-corrected chi connectivity index (χ0v) is 7.21. The molecular weight excluding hydrogens is 172 g/mol. The SMILES string of the molecule is CC(Oc1ccccc1)C(O)(O)O. The number of rotatable bonds is 3. The molecule has 72 valence electrons. The first-order valence-corrected chi connectivity index (χ1v) is 3.89. The molecule has 1 aromatic carbocycles. The van der Waals surface area contributed by atoms with Crippen LogP contribution in [0.25, 0.3) is 0 Å². The Kier molecular flexibility index (Phi) is 2.87. The third-order valence-corrected chi connectivity index (χ3v) is 1.60. The molecule has 0 fully saturated rings. The van der Waals surface area contributed by atoms with Gasteiger partial charge in [0, 0.05) is 0 Å². The van der Waals surface area contributed by atoms with Gasteiger partial charge in [-0.15, -0.1) is 0 Å². The third-order valence-electron chi connectivity index (χ3n) is 1.60. The molecule has 0 aromatic heterocycles. The average molecular weight is 184 g/mol. The lowest BCUT2D eigenvalue weighted by Gasteiger charge is -2.22. The normalized spacial score (nSPS) is 13.8. The molecule has 1 rings (SSSR count). The highest BCUT2D eigenvalue weighted by atomic mass is 16.7. The molecular formula is C9H12O4. The topological polar surface area (TPSA) is 69.9 Å². The van der Waals surface area contributed by atoms with Crippen molar-refractivity contribution in [2.45, 2.75) is 19.0 Å². The maximum Gasteiger partial charge on any atom is 0.314 e. The van der Waals surface area contributed by atoms with Crippen LogP contribution in [0.3, 0.4) is 0 Å². The molecule has 1 aromatic rings. The molecule has 0 aliphatic heterocycles. The summed E-state index contributed by atoms with van der Waals surface area (Å²) in [5, 5.41) is 26.2. The van der Waals surface area contributed by atoms with Crippen molar-refractivity contribution in [1.82, 2.24) is 0 Å². The van der Waals surface area contributed by atoms with Crippen molar-refractivity contribution < 1.29 is 20.1 Å². The summed E-state index contributed by atoms with van der Waals surface area (Å²) in [4.78, 5) is 0. The van der Waals surface area contributed by atoms with E-state index in [9.17, 15) is 0 Å². The fourth-order valence-electron chi connectivity index (χ4n) is 0.782. The second-order valence-corrected chi connectivity index (χ2v) is 2.76. The lowest BCUT2D eigenvalue weighted by atomic mass is 10.3. The van der Waals surface area contributed by atoms with Gasteiger partial charge < -0.3 is 20.1 Å². The van der Waals surface area contributed by atoms with Crippen molar-refractivity contribution in [3.05, 3.63) is 30.3 Å².